The Hall–Kier alpha value is -2.10. The van der Waals surface area contributed by atoms with Crippen LogP contribution in [0, 0.1) is 5.92 Å². The van der Waals surface area contributed by atoms with Gasteiger partial charge >= 0.3 is 0 Å². The van der Waals surface area contributed by atoms with Crippen LogP contribution in [0.25, 0.3) is 0 Å². The van der Waals surface area contributed by atoms with Crippen LogP contribution in [-0.4, -0.2) is 46.0 Å². The van der Waals surface area contributed by atoms with Crippen LogP contribution in [0.2, 0.25) is 0 Å². The number of benzene rings is 1. The molecule has 2 aliphatic heterocycles. The molecule has 1 spiro atoms. The van der Waals surface area contributed by atoms with Crippen LogP contribution in [0.15, 0.2) is 23.6 Å². The fraction of sp³-hybridized carbons (Fsp3) is 0.471. The molecule has 2 heterocycles. The van der Waals surface area contributed by atoms with Crippen LogP contribution in [0.3, 0.4) is 0 Å². The lowest BCUT2D eigenvalue weighted by molar-refractivity contribution is 0.00244. The van der Waals surface area contributed by atoms with E-state index in [9.17, 15) is 15.3 Å². The monoisotopic (exact) mass is 299 g/mol. The van der Waals surface area contributed by atoms with Gasteiger partial charge in [0, 0.05) is 17.5 Å². The molecular formula is C17H17NO4. The molecule has 4 atom stereocenters. The second-order valence-electron chi connectivity index (χ2n) is 6.87. The van der Waals surface area contributed by atoms with Crippen LogP contribution in [0.4, 0.5) is 0 Å². The highest BCUT2D eigenvalue weighted by atomic mass is 16.5. The van der Waals surface area contributed by atoms with Gasteiger partial charge in [-0.05, 0) is 44.1 Å². The van der Waals surface area contributed by atoms with Gasteiger partial charge < -0.3 is 25.0 Å². The van der Waals surface area contributed by atoms with Crippen molar-refractivity contribution in [2.45, 2.75) is 30.4 Å². The first-order valence-corrected chi connectivity index (χ1v) is 7.65. The quantitative estimate of drug-likeness (QED) is 0.501. The third-order valence-electron chi connectivity index (χ3n) is 6.03. The van der Waals surface area contributed by atoms with Crippen molar-refractivity contribution in [3.8, 4) is 17.2 Å². The summed E-state index contributed by atoms with van der Waals surface area (Å²) in [6.07, 6.45) is 3.10. The molecule has 22 heavy (non-hydrogen) atoms. The second-order valence-corrected chi connectivity index (χ2v) is 6.87. The fourth-order valence-corrected chi connectivity index (χ4v) is 5.05. The average Bonchev–Trinajstić information content (AvgIpc) is 2.84. The zero-order valence-electron chi connectivity index (χ0n) is 12.2. The summed E-state index contributed by atoms with van der Waals surface area (Å²) in [5, 5.41) is 30.5. The van der Waals surface area contributed by atoms with Crippen molar-refractivity contribution in [3.63, 3.8) is 0 Å². The zero-order chi connectivity index (χ0) is 15.2. The molecule has 0 saturated carbocycles. The SMILES string of the molecule is CN1CC[C@]23c4c5cc(O)c(O)c4O[C@H]2C(O)=C=C[C@H]3[C@H]1C5. The van der Waals surface area contributed by atoms with E-state index in [-0.39, 0.29) is 28.6 Å². The number of phenols is 2. The van der Waals surface area contributed by atoms with E-state index in [0.717, 1.165) is 30.5 Å². The van der Waals surface area contributed by atoms with E-state index in [4.69, 9.17) is 4.74 Å². The van der Waals surface area contributed by atoms with Gasteiger partial charge in [0.2, 0.25) is 5.75 Å². The van der Waals surface area contributed by atoms with Crippen molar-refractivity contribution >= 4 is 0 Å². The molecule has 5 rings (SSSR count). The Labute approximate surface area is 127 Å². The highest BCUT2D eigenvalue weighted by Gasteiger charge is 2.64. The van der Waals surface area contributed by atoms with Gasteiger partial charge in [-0.2, -0.15) is 0 Å². The normalized spacial score (nSPS) is 37.5. The number of nitrogens with zero attached hydrogens (tertiary/aromatic N) is 1. The molecule has 5 heteroatoms. The van der Waals surface area contributed by atoms with Crippen molar-refractivity contribution in [2.24, 2.45) is 5.92 Å². The first-order valence-electron chi connectivity index (χ1n) is 7.65. The third kappa shape index (κ3) is 1.14. The smallest absolute Gasteiger partial charge is 0.200 e. The Bertz CT molecular complexity index is 779. The van der Waals surface area contributed by atoms with Crippen molar-refractivity contribution in [3.05, 3.63) is 34.8 Å². The van der Waals surface area contributed by atoms with Gasteiger partial charge in [0.05, 0.1) is 5.41 Å². The van der Waals surface area contributed by atoms with E-state index in [2.05, 4.69) is 17.7 Å². The van der Waals surface area contributed by atoms with E-state index in [0.29, 0.717) is 11.8 Å². The van der Waals surface area contributed by atoms with E-state index < -0.39 is 6.10 Å². The van der Waals surface area contributed by atoms with Crippen LogP contribution in [0.1, 0.15) is 17.5 Å². The highest BCUT2D eigenvalue weighted by molar-refractivity contribution is 5.66. The number of hydrogen-bond donors (Lipinski definition) is 3. The molecule has 2 bridgehead atoms. The summed E-state index contributed by atoms with van der Waals surface area (Å²) in [5.74, 6) is 0.259. The predicted octanol–water partition coefficient (Wildman–Crippen LogP) is 1.58. The topological polar surface area (TPSA) is 73.2 Å². The lowest BCUT2D eigenvalue weighted by Gasteiger charge is -2.54. The van der Waals surface area contributed by atoms with Gasteiger partial charge in [-0.3, -0.25) is 0 Å². The van der Waals surface area contributed by atoms with Gasteiger partial charge in [-0.15, -0.1) is 0 Å². The van der Waals surface area contributed by atoms with E-state index in [1.807, 2.05) is 6.08 Å². The molecule has 1 aromatic carbocycles. The number of aliphatic hydroxyl groups excluding tert-OH is 1. The first-order chi connectivity index (χ1) is 10.5. The van der Waals surface area contributed by atoms with Crippen molar-refractivity contribution in [2.75, 3.05) is 13.6 Å². The molecule has 1 aromatic rings. The number of likely N-dealkylation sites (N-methyl/N-ethyl adjacent to an activating group) is 1. The molecule has 1 saturated heterocycles. The maximum atomic E-state index is 10.3. The first kappa shape index (κ1) is 12.4. The largest absolute Gasteiger partial charge is 0.504 e. The molecule has 0 aromatic heterocycles. The number of rotatable bonds is 0. The minimum Gasteiger partial charge on any atom is -0.504 e. The molecule has 0 unspecified atom stereocenters. The summed E-state index contributed by atoms with van der Waals surface area (Å²) in [6.45, 7) is 0.919. The maximum absolute atomic E-state index is 10.3. The van der Waals surface area contributed by atoms with Crippen LogP contribution in [0.5, 0.6) is 17.2 Å². The molecular weight excluding hydrogens is 282 g/mol. The van der Waals surface area contributed by atoms with Crippen molar-refractivity contribution in [1.29, 1.82) is 0 Å². The number of aliphatic hydroxyl groups is 1. The Balaban J connectivity index is 1.88. The van der Waals surface area contributed by atoms with Crippen LogP contribution >= 0.6 is 0 Å². The Morgan fingerprint density at radius 1 is 1.36 bits per heavy atom. The lowest BCUT2D eigenvalue weighted by atomic mass is 9.54. The summed E-state index contributed by atoms with van der Waals surface area (Å²) >= 11 is 0. The average molecular weight is 299 g/mol. The summed E-state index contributed by atoms with van der Waals surface area (Å²) in [4.78, 5) is 2.33. The molecule has 0 radical (unpaired) electrons. The number of ether oxygens (including phenoxy) is 1. The highest BCUT2D eigenvalue weighted by Crippen LogP contribution is 2.63. The Kier molecular flexibility index (Phi) is 2.05. The summed E-state index contributed by atoms with van der Waals surface area (Å²) < 4.78 is 5.94. The Morgan fingerprint density at radius 3 is 3.00 bits per heavy atom. The molecule has 5 nitrogen and oxygen atoms in total. The standard InChI is InChI=1S/C17H17NO4/c1-18-5-4-17-9-2-3-11(19)16(17)22-15-13(17)8(6-10(9)18)7-12(20)14(15)21/h2,7,9-10,16,19-21H,4-6H2,1H3/t9-,10+,16-,17-/m0/s1. The van der Waals surface area contributed by atoms with E-state index in [1.54, 1.807) is 6.07 Å². The third-order valence-corrected chi connectivity index (χ3v) is 6.03. The zero-order valence-corrected chi connectivity index (χ0v) is 12.2. The van der Waals surface area contributed by atoms with Gasteiger partial charge in [0.1, 0.15) is 0 Å². The van der Waals surface area contributed by atoms with Gasteiger partial charge in [0.15, 0.2) is 23.4 Å². The van der Waals surface area contributed by atoms with Crippen molar-refractivity contribution < 1.29 is 20.1 Å². The number of hydrogen-bond acceptors (Lipinski definition) is 5. The minimum absolute atomic E-state index is 0.0856. The maximum Gasteiger partial charge on any atom is 0.200 e. The van der Waals surface area contributed by atoms with Crippen LogP contribution in [-0.2, 0) is 11.8 Å². The van der Waals surface area contributed by atoms with Gasteiger partial charge in [-0.1, -0.05) is 5.73 Å². The lowest BCUT2D eigenvalue weighted by Crippen LogP contribution is -2.62. The molecule has 2 aliphatic carbocycles. The molecule has 0 amide bonds. The molecule has 4 aliphatic rings. The van der Waals surface area contributed by atoms with Crippen LogP contribution < -0.4 is 4.74 Å². The molecule has 114 valence electrons. The minimum atomic E-state index is -0.513. The van der Waals surface area contributed by atoms with Gasteiger partial charge in [0.25, 0.3) is 0 Å². The predicted molar refractivity (Wildman–Crippen MR) is 78.3 cm³/mol. The number of likely N-dealkylation sites (tertiary alicyclic amines) is 1. The molecule has 3 N–H and O–H groups in total. The summed E-state index contributed by atoms with van der Waals surface area (Å²) in [7, 11) is 2.11. The van der Waals surface area contributed by atoms with E-state index in [1.165, 1.54) is 0 Å². The molecule has 1 fully saturated rings. The second kappa shape index (κ2) is 3.62. The van der Waals surface area contributed by atoms with E-state index >= 15 is 0 Å². The summed E-state index contributed by atoms with van der Waals surface area (Å²) in [6, 6.07) is 1.95. The Morgan fingerprint density at radius 2 is 2.18 bits per heavy atom. The fourth-order valence-electron chi connectivity index (χ4n) is 5.05. The number of piperidine rings is 1. The number of phenolic OH excluding ortho intramolecular Hbond substituents is 2. The number of aromatic hydroxyl groups is 2. The summed E-state index contributed by atoms with van der Waals surface area (Å²) in [5.41, 5.74) is 4.60. The van der Waals surface area contributed by atoms with Gasteiger partial charge in [-0.25, -0.2) is 0 Å². The van der Waals surface area contributed by atoms with Crippen molar-refractivity contribution in [1.82, 2.24) is 4.90 Å².